The molecule has 0 saturated heterocycles. The summed E-state index contributed by atoms with van der Waals surface area (Å²) < 4.78 is 11.2. The third-order valence-electron chi connectivity index (χ3n) is 5.28. The number of rotatable bonds is 11. The lowest BCUT2D eigenvalue weighted by molar-refractivity contribution is -0.127. The second-order valence-corrected chi connectivity index (χ2v) is 9.17. The molecule has 2 amide bonds. The SMILES string of the molecule is C=CCc1ccc(OC(C)C(=O)NCCCNC(=O)C2=CC(C)(C)NC2(C)C)c(OC)c1.Cl. The molecular formula is C25H38ClN3O4. The predicted octanol–water partition coefficient (Wildman–Crippen LogP) is 3.32. The Morgan fingerprint density at radius 1 is 1.15 bits per heavy atom. The fourth-order valence-electron chi connectivity index (χ4n) is 3.89. The van der Waals surface area contributed by atoms with Crippen LogP contribution in [0.1, 0.15) is 46.6 Å². The van der Waals surface area contributed by atoms with Crippen molar-refractivity contribution in [2.24, 2.45) is 0 Å². The predicted molar refractivity (Wildman–Crippen MR) is 134 cm³/mol. The van der Waals surface area contributed by atoms with Gasteiger partial charge in [0.05, 0.1) is 7.11 Å². The quantitative estimate of drug-likeness (QED) is 0.334. The number of hydrogen-bond donors (Lipinski definition) is 3. The molecule has 1 aliphatic rings. The smallest absolute Gasteiger partial charge is 0.260 e. The Hall–Kier alpha value is -2.51. The van der Waals surface area contributed by atoms with Crippen molar-refractivity contribution in [3.63, 3.8) is 0 Å². The molecule has 7 nitrogen and oxygen atoms in total. The molecule has 3 N–H and O–H groups in total. The molecule has 1 heterocycles. The van der Waals surface area contributed by atoms with Crippen LogP contribution in [0.25, 0.3) is 0 Å². The summed E-state index contributed by atoms with van der Waals surface area (Å²) >= 11 is 0. The normalized spacial score (nSPS) is 16.6. The lowest BCUT2D eigenvalue weighted by Crippen LogP contribution is -2.47. The Balaban J connectivity index is 0.00000544. The number of benzene rings is 1. The minimum absolute atomic E-state index is 0. The van der Waals surface area contributed by atoms with Gasteiger partial charge in [-0.1, -0.05) is 18.2 Å². The number of nitrogens with one attached hydrogen (secondary N) is 3. The van der Waals surface area contributed by atoms with Crippen LogP contribution in [0, 0.1) is 0 Å². The van der Waals surface area contributed by atoms with Crippen LogP contribution in [0.5, 0.6) is 11.5 Å². The Labute approximate surface area is 203 Å². The number of amides is 2. The van der Waals surface area contributed by atoms with E-state index in [0.717, 1.165) is 17.6 Å². The molecule has 184 valence electrons. The van der Waals surface area contributed by atoms with Gasteiger partial charge in [0.2, 0.25) is 5.91 Å². The molecule has 0 fully saturated rings. The first kappa shape index (κ1) is 28.5. The fourth-order valence-corrected chi connectivity index (χ4v) is 3.89. The van der Waals surface area contributed by atoms with Crippen molar-refractivity contribution in [2.45, 2.75) is 64.6 Å². The summed E-state index contributed by atoms with van der Waals surface area (Å²) in [4.78, 5) is 24.9. The highest BCUT2D eigenvalue weighted by molar-refractivity contribution is 5.96. The van der Waals surface area contributed by atoms with E-state index in [4.69, 9.17) is 9.47 Å². The van der Waals surface area contributed by atoms with E-state index >= 15 is 0 Å². The molecule has 2 rings (SSSR count). The average Bonchev–Trinajstić information content (AvgIpc) is 2.95. The molecule has 1 aliphatic heterocycles. The average molecular weight is 480 g/mol. The van der Waals surface area contributed by atoms with E-state index in [9.17, 15) is 9.59 Å². The van der Waals surface area contributed by atoms with E-state index in [-0.39, 0.29) is 35.3 Å². The molecule has 0 spiro atoms. The summed E-state index contributed by atoms with van der Waals surface area (Å²) in [5, 5.41) is 9.22. The monoisotopic (exact) mass is 479 g/mol. The third kappa shape index (κ3) is 8.09. The van der Waals surface area contributed by atoms with E-state index in [1.54, 1.807) is 20.1 Å². The van der Waals surface area contributed by atoms with E-state index in [1.807, 2.05) is 52.0 Å². The summed E-state index contributed by atoms with van der Waals surface area (Å²) in [7, 11) is 1.57. The van der Waals surface area contributed by atoms with Crippen LogP contribution in [0.4, 0.5) is 0 Å². The van der Waals surface area contributed by atoms with Gasteiger partial charge in [-0.2, -0.15) is 0 Å². The van der Waals surface area contributed by atoms with Crippen LogP contribution < -0.4 is 25.4 Å². The number of ether oxygens (including phenoxy) is 2. The second-order valence-electron chi connectivity index (χ2n) is 9.17. The molecule has 0 saturated carbocycles. The van der Waals surface area contributed by atoms with Crippen LogP contribution in [-0.4, -0.2) is 49.2 Å². The van der Waals surface area contributed by atoms with Crippen molar-refractivity contribution in [1.29, 1.82) is 0 Å². The Morgan fingerprint density at radius 2 is 1.82 bits per heavy atom. The highest BCUT2D eigenvalue weighted by Gasteiger charge is 2.39. The number of hydrogen-bond acceptors (Lipinski definition) is 5. The number of carbonyl (C=O) groups excluding carboxylic acids is 2. The van der Waals surface area contributed by atoms with Crippen molar-refractivity contribution >= 4 is 24.2 Å². The standard InChI is InChI=1S/C25H37N3O4.ClH/c1-8-10-18-11-12-20(21(15-18)31-7)32-17(2)22(29)26-13-9-14-27-23(30)19-16-24(3,4)28-25(19,5)6;/h8,11-12,15-17,28H,1,9-10,13-14H2,2-7H3,(H,26,29)(H,27,30);1H. The van der Waals surface area contributed by atoms with Gasteiger partial charge in [-0.3, -0.25) is 14.9 Å². The number of carbonyl (C=O) groups is 2. The summed E-state index contributed by atoms with van der Waals surface area (Å²) in [6.07, 6.45) is 4.46. The fraction of sp³-hybridized carbons (Fsp3) is 0.520. The first-order valence-corrected chi connectivity index (χ1v) is 11.0. The molecule has 0 radical (unpaired) electrons. The van der Waals surface area contributed by atoms with Crippen LogP contribution in [0.15, 0.2) is 42.5 Å². The van der Waals surface area contributed by atoms with Crippen LogP contribution in [0.2, 0.25) is 0 Å². The zero-order chi connectivity index (χ0) is 23.9. The maximum Gasteiger partial charge on any atom is 0.260 e. The highest BCUT2D eigenvalue weighted by atomic mass is 35.5. The third-order valence-corrected chi connectivity index (χ3v) is 5.28. The zero-order valence-electron chi connectivity index (χ0n) is 20.5. The first-order valence-electron chi connectivity index (χ1n) is 11.0. The van der Waals surface area contributed by atoms with Gasteiger partial charge in [0.1, 0.15) is 0 Å². The lowest BCUT2D eigenvalue weighted by atomic mass is 9.96. The molecule has 1 aromatic rings. The second kappa shape index (κ2) is 12.1. The van der Waals surface area contributed by atoms with Gasteiger partial charge in [0.25, 0.3) is 5.91 Å². The van der Waals surface area contributed by atoms with Crippen molar-refractivity contribution in [3.8, 4) is 11.5 Å². The highest BCUT2D eigenvalue weighted by Crippen LogP contribution is 2.30. The molecule has 0 aliphatic carbocycles. The van der Waals surface area contributed by atoms with Gasteiger partial charge in [-0.15, -0.1) is 19.0 Å². The first-order chi connectivity index (χ1) is 15.0. The largest absolute Gasteiger partial charge is 0.493 e. The van der Waals surface area contributed by atoms with Crippen molar-refractivity contribution in [3.05, 3.63) is 48.1 Å². The molecule has 1 unspecified atom stereocenters. The Bertz CT molecular complexity index is 880. The van der Waals surface area contributed by atoms with E-state index < -0.39 is 6.10 Å². The van der Waals surface area contributed by atoms with Gasteiger partial charge >= 0.3 is 0 Å². The van der Waals surface area contributed by atoms with E-state index in [2.05, 4.69) is 22.5 Å². The molecule has 0 bridgehead atoms. The number of halogens is 1. The van der Waals surface area contributed by atoms with Gasteiger partial charge in [0, 0.05) is 29.7 Å². The lowest BCUT2D eigenvalue weighted by Gasteiger charge is -2.27. The Kier molecular flexibility index (Phi) is 10.5. The molecule has 33 heavy (non-hydrogen) atoms. The van der Waals surface area contributed by atoms with Crippen molar-refractivity contribution < 1.29 is 19.1 Å². The topological polar surface area (TPSA) is 88.7 Å². The number of methoxy groups -OCH3 is 1. The van der Waals surface area contributed by atoms with Gasteiger partial charge in [-0.25, -0.2) is 0 Å². The summed E-state index contributed by atoms with van der Waals surface area (Å²) in [6.45, 7) is 14.4. The number of allylic oxidation sites excluding steroid dienone is 1. The van der Waals surface area contributed by atoms with Gasteiger partial charge < -0.3 is 20.1 Å². The van der Waals surface area contributed by atoms with Crippen LogP contribution in [0.3, 0.4) is 0 Å². The van der Waals surface area contributed by atoms with Gasteiger partial charge in [0.15, 0.2) is 17.6 Å². The maximum atomic E-state index is 12.5. The minimum atomic E-state index is -0.679. The summed E-state index contributed by atoms with van der Waals surface area (Å²) in [6, 6.07) is 5.60. The van der Waals surface area contributed by atoms with E-state index in [0.29, 0.717) is 31.0 Å². The van der Waals surface area contributed by atoms with Crippen molar-refractivity contribution in [2.75, 3.05) is 20.2 Å². The van der Waals surface area contributed by atoms with Crippen LogP contribution in [-0.2, 0) is 16.0 Å². The van der Waals surface area contributed by atoms with Crippen molar-refractivity contribution in [1.82, 2.24) is 16.0 Å². The molecule has 1 atom stereocenters. The summed E-state index contributed by atoms with van der Waals surface area (Å²) in [5.41, 5.74) is 1.20. The molecular weight excluding hydrogens is 442 g/mol. The molecule has 0 aromatic heterocycles. The maximum absolute atomic E-state index is 12.5. The molecule has 1 aromatic carbocycles. The van der Waals surface area contributed by atoms with Crippen LogP contribution >= 0.6 is 12.4 Å². The Morgan fingerprint density at radius 3 is 2.39 bits per heavy atom. The van der Waals surface area contributed by atoms with Gasteiger partial charge in [-0.05, 0) is 65.2 Å². The van der Waals surface area contributed by atoms with E-state index in [1.165, 1.54) is 0 Å². The molecule has 8 heteroatoms. The zero-order valence-corrected chi connectivity index (χ0v) is 21.4. The summed E-state index contributed by atoms with van der Waals surface area (Å²) in [5.74, 6) is 0.787. The minimum Gasteiger partial charge on any atom is -0.493 e.